The highest BCUT2D eigenvalue weighted by Crippen LogP contribution is 2.32. The van der Waals surface area contributed by atoms with Crippen LogP contribution in [0.3, 0.4) is 0 Å². The van der Waals surface area contributed by atoms with Crippen molar-refractivity contribution >= 4 is 38.9 Å². The molecule has 1 heterocycles. The van der Waals surface area contributed by atoms with E-state index in [2.05, 4.69) is 5.48 Å². The molecule has 0 spiro atoms. The van der Waals surface area contributed by atoms with Gasteiger partial charge in [0.2, 0.25) is 5.91 Å². The largest absolute Gasteiger partial charge is 0.319 e. The zero-order valence-corrected chi connectivity index (χ0v) is 19.0. The lowest BCUT2D eigenvalue weighted by atomic mass is 10.1. The molecule has 0 saturated carbocycles. The Bertz CT molecular complexity index is 1110. The highest BCUT2D eigenvalue weighted by Gasteiger charge is 2.36. The first-order chi connectivity index (χ1) is 14.4. The Labute approximate surface area is 186 Å². The number of hydrogen-bond acceptors (Lipinski definition) is 6. The minimum absolute atomic E-state index is 0.0592. The standard InChI is InChI=1S/C21H24ClN3O5S/c1-21(2,3)30-24-19(26)14-6-9-18-17(10-14)25(11-13-4-7-15(22)8-5-13)20(27)16(23)12-31(18,28)29/h4-10,16H,11-12,23H2,1-3H3,(H,24,26)/t16-/m0/s1. The summed E-state index contributed by atoms with van der Waals surface area (Å²) in [6.45, 7) is 5.37. The first-order valence-corrected chi connectivity index (χ1v) is 11.6. The molecule has 3 rings (SSSR count). The van der Waals surface area contributed by atoms with Crippen molar-refractivity contribution in [3.8, 4) is 0 Å². The fourth-order valence-electron chi connectivity index (χ4n) is 3.04. The van der Waals surface area contributed by atoms with Crippen molar-refractivity contribution in [1.82, 2.24) is 5.48 Å². The SMILES string of the molecule is CC(C)(C)ONC(=O)c1ccc2c(c1)N(Cc1ccc(Cl)cc1)C(=O)[C@@H](N)CS2(=O)=O. The Morgan fingerprint density at radius 2 is 1.87 bits per heavy atom. The monoisotopic (exact) mass is 465 g/mol. The van der Waals surface area contributed by atoms with E-state index >= 15 is 0 Å². The molecule has 0 fully saturated rings. The van der Waals surface area contributed by atoms with Crippen LogP contribution in [0.5, 0.6) is 0 Å². The number of anilines is 1. The third-order valence-corrected chi connectivity index (χ3v) is 6.60. The summed E-state index contributed by atoms with van der Waals surface area (Å²) in [6, 6.07) is 9.62. The molecule has 0 radical (unpaired) electrons. The number of hydroxylamine groups is 1. The maximum Gasteiger partial charge on any atom is 0.274 e. The molecule has 166 valence electrons. The van der Waals surface area contributed by atoms with Gasteiger partial charge < -0.3 is 10.6 Å². The Balaban J connectivity index is 2.05. The van der Waals surface area contributed by atoms with Crippen molar-refractivity contribution in [3.05, 3.63) is 58.6 Å². The molecule has 3 N–H and O–H groups in total. The number of carbonyl (C=O) groups is 2. The number of halogens is 1. The third kappa shape index (κ3) is 5.43. The molecule has 0 aromatic heterocycles. The Kier molecular flexibility index (Phi) is 6.43. The van der Waals surface area contributed by atoms with Gasteiger partial charge in [0, 0.05) is 10.6 Å². The third-order valence-electron chi connectivity index (χ3n) is 4.53. The van der Waals surface area contributed by atoms with Gasteiger partial charge in [0.25, 0.3) is 5.91 Å². The van der Waals surface area contributed by atoms with E-state index in [1.807, 2.05) is 0 Å². The van der Waals surface area contributed by atoms with Crippen LogP contribution < -0.4 is 16.1 Å². The second-order valence-corrected chi connectivity index (χ2v) is 10.7. The molecule has 2 amide bonds. The van der Waals surface area contributed by atoms with Gasteiger partial charge in [0.05, 0.1) is 34.5 Å². The maximum atomic E-state index is 13.0. The van der Waals surface area contributed by atoms with Crippen molar-refractivity contribution in [3.63, 3.8) is 0 Å². The fourth-order valence-corrected chi connectivity index (χ4v) is 4.73. The first-order valence-electron chi connectivity index (χ1n) is 9.54. The van der Waals surface area contributed by atoms with Gasteiger partial charge in [0.1, 0.15) is 0 Å². The van der Waals surface area contributed by atoms with Gasteiger partial charge in [-0.15, -0.1) is 0 Å². The Hall–Kier alpha value is -2.46. The lowest BCUT2D eigenvalue weighted by Crippen LogP contribution is -2.45. The number of amides is 2. The predicted molar refractivity (Wildman–Crippen MR) is 117 cm³/mol. The molecular formula is C21H24ClN3O5S. The van der Waals surface area contributed by atoms with E-state index in [1.54, 1.807) is 45.0 Å². The second kappa shape index (κ2) is 8.58. The van der Waals surface area contributed by atoms with E-state index in [0.29, 0.717) is 5.02 Å². The van der Waals surface area contributed by atoms with Crippen LogP contribution in [0.2, 0.25) is 5.02 Å². The smallest absolute Gasteiger partial charge is 0.274 e. The van der Waals surface area contributed by atoms with E-state index in [9.17, 15) is 18.0 Å². The number of fused-ring (bicyclic) bond motifs is 1. The van der Waals surface area contributed by atoms with Crippen LogP contribution in [0.1, 0.15) is 36.7 Å². The van der Waals surface area contributed by atoms with Crippen molar-refractivity contribution < 1.29 is 22.8 Å². The highest BCUT2D eigenvalue weighted by molar-refractivity contribution is 7.91. The summed E-state index contributed by atoms with van der Waals surface area (Å²) < 4.78 is 25.7. The van der Waals surface area contributed by atoms with Crippen LogP contribution in [0.25, 0.3) is 0 Å². The summed E-state index contributed by atoms with van der Waals surface area (Å²) in [6.07, 6.45) is 0. The number of sulfone groups is 1. The first kappa shape index (κ1) is 23.2. The zero-order chi connectivity index (χ0) is 23.0. The van der Waals surface area contributed by atoms with E-state index in [1.165, 1.54) is 23.1 Å². The van der Waals surface area contributed by atoms with Crippen LogP contribution in [0, 0.1) is 0 Å². The van der Waals surface area contributed by atoms with Gasteiger partial charge in [-0.3, -0.25) is 14.4 Å². The number of benzene rings is 2. The summed E-state index contributed by atoms with van der Waals surface area (Å²) >= 11 is 5.93. The number of nitrogens with one attached hydrogen (secondary N) is 1. The van der Waals surface area contributed by atoms with Crippen molar-refractivity contribution in [1.29, 1.82) is 0 Å². The van der Waals surface area contributed by atoms with Gasteiger partial charge in [-0.25, -0.2) is 13.9 Å². The number of carbonyl (C=O) groups excluding carboxylic acids is 2. The van der Waals surface area contributed by atoms with Crippen molar-refractivity contribution in [2.45, 2.75) is 43.9 Å². The number of nitrogens with zero attached hydrogens (tertiary/aromatic N) is 1. The zero-order valence-electron chi connectivity index (χ0n) is 17.4. The highest BCUT2D eigenvalue weighted by atomic mass is 35.5. The average Bonchev–Trinajstić information content (AvgIpc) is 2.75. The minimum Gasteiger partial charge on any atom is -0.319 e. The number of hydrogen-bond donors (Lipinski definition) is 2. The summed E-state index contributed by atoms with van der Waals surface area (Å²) in [5.41, 5.74) is 8.59. The van der Waals surface area contributed by atoms with E-state index in [4.69, 9.17) is 22.2 Å². The quantitative estimate of drug-likeness (QED) is 0.669. The lowest BCUT2D eigenvalue weighted by molar-refractivity contribution is -0.119. The minimum atomic E-state index is -3.84. The van der Waals surface area contributed by atoms with Gasteiger partial charge in [0.15, 0.2) is 9.84 Å². The molecular weight excluding hydrogens is 442 g/mol. The molecule has 2 aromatic rings. The van der Waals surface area contributed by atoms with Gasteiger partial charge in [-0.1, -0.05) is 23.7 Å². The number of rotatable bonds is 4. The molecule has 31 heavy (non-hydrogen) atoms. The fraction of sp³-hybridized carbons (Fsp3) is 0.333. The van der Waals surface area contributed by atoms with E-state index in [-0.39, 0.29) is 22.7 Å². The summed E-state index contributed by atoms with van der Waals surface area (Å²) in [5, 5.41) is 0.531. The number of nitrogens with two attached hydrogens (primary N) is 1. The van der Waals surface area contributed by atoms with Crippen molar-refractivity contribution in [2.24, 2.45) is 5.73 Å². The van der Waals surface area contributed by atoms with Crippen LogP contribution in [0.4, 0.5) is 5.69 Å². The Morgan fingerprint density at radius 1 is 1.23 bits per heavy atom. The van der Waals surface area contributed by atoms with Gasteiger partial charge in [-0.05, 0) is 56.7 Å². The lowest BCUT2D eigenvalue weighted by Gasteiger charge is -2.25. The van der Waals surface area contributed by atoms with Crippen LogP contribution in [-0.2, 0) is 26.0 Å². The summed E-state index contributed by atoms with van der Waals surface area (Å²) in [5.74, 6) is -1.64. The molecule has 1 atom stereocenters. The second-order valence-electron chi connectivity index (χ2n) is 8.27. The van der Waals surface area contributed by atoms with Crippen LogP contribution in [0.15, 0.2) is 47.4 Å². The molecule has 0 bridgehead atoms. The van der Waals surface area contributed by atoms with Gasteiger partial charge >= 0.3 is 0 Å². The molecule has 1 aliphatic rings. The molecule has 0 saturated heterocycles. The topological polar surface area (TPSA) is 119 Å². The van der Waals surface area contributed by atoms with Crippen LogP contribution >= 0.6 is 11.6 Å². The van der Waals surface area contributed by atoms with E-state index in [0.717, 1.165) is 5.56 Å². The molecule has 8 nitrogen and oxygen atoms in total. The van der Waals surface area contributed by atoms with Crippen LogP contribution in [-0.4, -0.2) is 37.6 Å². The summed E-state index contributed by atoms with van der Waals surface area (Å²) in [4.78, 5) is 32.1. The van der Waals surface area contributed by atoms with Gasteiger partial charge in [-0.2, -0.15) is 0 Å². The predicted octanol–water partition coefficient (Wildman–Crippen LogP) is 2.45. The average molecular weight is 466 g/mol. The Morgan fingerprint density at radius 3 is 2.48 bits per heavy atom. The maximum absolute atomic E-state index is 13.0. The molecule has 0 unspecified atom stereocenters. The van der Waals surface area contributed by atoms with Crippen molar-refractivity contribution in [2.75, 3.05) is 10.7 Å². The normalized spacial score (nSPS) is 18.3. The summed E-state index contributed by atoms with van der Waals surface area (Å²) in [7, 11) is -3.84. The molecule has 1 aliphatic heterocycles. The molecule has 2 aromatic carbocycles. The molecule has 10 heteroatoms. The molecule has 0 aliphatic carbocycles. The van der Waals surface area contributed by atoms with E-state index < -0.39 is 39.0 Å².